The summed E-state index contributed by atoms with van der Waals surface area (Å²) in [6.45, 7) is 2.90. The highest BCUT2D eigenvalue weighted by Crippen LogP contribution is 2.39. The van der Waals surface area contributed by atoms with Crippen molar-refractivity contribution in [3.63, 3.8) is 0 Å². The van der Waals surface area contributed by atoms with Crippen molar-refractivity contribution in [3.05, 3.63) is 40.0 Å². The molecule has 6 heteroatoms. The van der Waals surface area contributed by atoms with E-state index in [1.165, 1.54) is 4.90 Å². The van der Waals surface area contributed by atoms with Gasteiger partial charge in [0.2, 0.25) is 0 Å². The van der Waals surface area contributed by atoms with E-state index in [4.69, 9.17) is 33.3 Å². The summed E-state index contributed by atoms with van der Waals surface area (Å²) in [5, 5.41) is 5.96. The van der Waals surface area contributed by atoms with Gasteiger partial charge in [0, 0.05) is 26.9 Å². The van der Waals surface area contributed by atoms with E-state index in [0.29, 0.717) is 10.0 Å². The van der Waals surface area contributed by atoms with Crippen LogP contribution < -0.4 is 0 Å². The third kappa shape index (κ3) is 2.13. The van der Waals surface area contributed by atoms with Crippen LogP contribution in [0, 0.1) is 6.92 Å². The van der Waals surface area contributed by atoms with Crippen LogP contribution in [-0.2, 0) is 6.54 Å². The molecule has 0 unspecified atom stereocenters. The first kappa shape index (κ1) is 13.4. The summed E-state index contributed by atoms with van der Waals surface area (Å²) in [6.07, 6.45) is 0. The standard InChI is InChI=1S/C15H11Cl2N3S/c1-8-6-12-15-14(18-8)13(19-20(15)4-5-21-12)10-3-2-9(16)7-11(10)17/h2-3,6-7H,4-5H2,1H3. The largest absolute Gasteiger partial charge is 0.261 e. The Hall–Kier alpha value is -1.23. The van der Waals surface area contributed by atoms with Crippen LogP contribution in [0.1, 0.15) is 5.69 Å². The summed E-state index contributed by atoms with van der Waals surface area (Å²) in [7, 11) is 0. The Morgan fingerprint density at radius 3 is 2.90 bits per heavy atom. The van der Waals surface area contributed by atoms with E-state index in [1.54, 1.807) is 6.07 Å². The van der Waals surface area contributed by atoms with Gasteiger partial charge in [0.05, 0.1) is 11.6 Å². The van der Waals surface area contributed by atoms with Gasteiger partial charge >= 0.3 is 0 Å². The van der Waals surface area contributed by atoms with Crippen molar-refractivity contribution in [1.29, 1.82) is 0 Å². The first-order chi connectivity index (χ1) is 10.1. The zero-order valence-electron chi connectivity index (χ0n) is 11.2. The van der Waals surface area contributed by atoms with Gasteiger partial charge in [0.25, 0.3) is 0 Å². The molecule has 0 amide bonds. The molecule has 3 aromatic rings. The molecule has 21 heavy (non-hydrogen) atoms. The van der Waals surface area contributed by atoms with Crippen LogP contribution in [0.4, 0.5) is 0 Å². The van der Waals surface area contributed by atoms with Crippen molar-refractivity contribution in [2.75, 3.05) is 5.75 Å². The van der Waals surface area contributed by atoms with Crippen LogP contribution in [0.15, 0.2) is 29.2 Å². The second kappa shape index (κ2) is 4.90. The predicted octanol–water partition coefficient (Wildman–Crippen LogP) is 4.82. The molecule has 1 aromatic carbocycles. The number of hydrogen-bond donors (Lipinski definition) is 0. The van der Waals surface area contributed by atoms with E-state index in [-0.39, 0.29) is 0 Å². The molecule has 3 heterocycles. The fourth-order valence-corrected chi connectivity index (χ4v) is 4.22. The SMILES string of the molecule is Cc1cc2c3c(n1)c(-c1ccc(Cl)cc1Cl)nn3CCS2. The van der Waals surface area contributed by atoms with Crippen LogP contribution >= 0.6 is 35.0 Å². The Morgan fingerprint density at radius 2 is 2.10 bits per heavy atom. The van der Waals surface area contributed by atoms with Crippen molar-refractivity contribution in [2.45, 2.75) is 18.4 Å². The molecule has 0 spiro atoms. The average molecular weight is 336 g/mol. The molecule has 0 fully saturated rings. The third-order valence-corrected chi connectivity index (χ3v) is 5.09. The number of rotatable bonds is 1. The van der Waals surface area contributed by atoms with Crippen LogP contribution in [0.2, 0.25) is 10.0 Å². The van der Waals surface area contributed by atoms with E-state index in [2.05, 4.69) is 6.07 Å². The van der Waals surface area contributed by atoms with Crippen molar-refractivity contribution >= 4 is 46.0 Å². The van der Waals surface area contributed by atoms with Crippen molar-refractivity contribution in [1.82, 2.24) is 14.8 Å². The van der Waals surface area contributed by atoms with Gasteiger partial charge in [-0.3, -0.25) is 4.68 Å². The molecule has 0 saturated carbocycles. The maximum absolute atomic E-state index is 6.35. The molecule has 2 aromatic heterocycles. The van der Waals surface area contributed by atoms with E-state index < -0.39 is 0 Å². The van der Waals surface area contributed by atoms with Crippen LogP contribution in [0.5, 0.6) is 0 Å². The Labute approximate surface area is 136 Å². The number of aromatic nitrogens is 3. The second-order valence-electron chi connectivity index (χ2n) is 5.00. The molecule has 1 aliphatic heterocycles. The minimum Gasteiger partial charge on any atom is -0.261 e. The molecule has 1 aliphatic rings. The van der Waals surface area contributed by atoms with Gasteiger partial charge in [-0.2, -0.15) is 5.10 Å². The molecule has 106 valence electrons. The number of halogens is 2. The van der Waals surface area contributed by atoms with Crippen LogP contribution in [0.3, 0.4) is 0 Å². The van der Waals surface area contributed by atoms with Crippen molar-refractivity contribution in [3.8, 4) is 11.3 Å². The lowest BCUT2D eigenvalue weighted by Crippen LogP contribution is -2.07. The number of thioether (sulfide) groups is 1. The lowest BCUT2D eigenvalue weighted by atomic mass is 10.1. The lowest BCUT2D eigenvalue weighted by molar-refractivity contribution is 0.682. The minimum atomic E-state index is 0.603. The molecule has 4 rings (SSSR count). The monoisotopic (exact) mass is 335 g/mol. The first-order valence-corrected chi connectivity index (χ1v) is 8.34. The number of aryl methyl sites for hydroxylation is 2. The summed E-state index contributed by atoms with van der Waals surface area (Å²) in [6, 6.07) is 7.61. The van der Waals surface area contributed by atoms with E-state index in [0.717, 1.165) is 40.3 Å². The van der Waals surface area contributed by atoms with Crippen molar-refractivity contribution in [2.24, 2.45) is 0 Å². The Morgan fingerprint density at radius 1 is 1.24 bits per heavy atom. The Kier molecular flexibility index (Phi) is 3.14. The summed E-state index contributed by atoms with van der Waals surface area (Å²) in [4.78, 5) is 5.93. The van der Waals surface area contributed by atoms with Gasteiger partial charge in [0.15, 0.2) is 0 Å². The molecule has 0 saturated heterocycles. The maximum Gasteiger partial charge on any atom is 0.120 e. The van der Waals surface area contributed by atoms with Crippen molar-refractivity contribution < 1.29 is 0 Å². The summed E-state index contributed by atoms with van der Waals surface area (Å²) in [5.74, 6) is 1.03. The average Bonchev–Trinajstić information content (AvgIpc) is 2.79. The molecule has 0 bridgehead atoms. The van der Waals surface area contributed by atoms with Crippen LogP contribution in [-0.4, -0.2) is 20.5 Å². The molecule has 0 radical (unpaired) electrons. The fraction of sp³-hybridized carbons (Fsp3) is 0.200. The summed E-state index contributed by atoms with van der Waals surface area (Å²) >= 11 is 14.2. The predicted molar refractivity (Wildman–Crippen MR) is 88.4 cm³/mol. The zero-order chi connectivity index (χ0) is 14.6. The Bertz CT molecular complexity index is 873. The summed E-state index contributed by atoms with van der Waals surface area (Å²) < 4.78 is 2.04. The fourth-order valence-electron chi connectivity index (χ4n) is 2.65. The number of hydrogen-bond acceptors (Lipinski definition) is 3. The molecule has 0 atom stereocenters. The quantitative estimate of drug-likeness (QED) is 0.638. The number of benzene rings is 1. The topological polar surface area (TPSA) is 30.7 Å². The Balaban J connectivity index is 2.06. The first-order valence-electron chi connectivity index (χ1n) is 6.60. The molecule has 3 nitrogen and oxygen atoms in total. The highest BCUT2D eigenvalue weighted by atomic mass is 35.5. The minimum absolute atomic E-state index is 0.603. The molecular formula is C15H11Cl2N3S. The number of pyridine rings is 1. The normalized spacial score (nSPS) is 13.9. The third-order valence-electron chi connectivity index (χ3n) is 3.54. The van der Waals surface area contributed by atoms with E-state index in [9.17, 15) is 0 Å². The molecule has 0 N–H and O–H groups in total. The highest BCUT2D eigenvalue weighted by molar-refractivity contribution is 7.99. The smallest absolute Gasteiger partial charge is 0.120 e. The van der Waals surface area contributed by atoms with Crippen LogP contribution in [0.25, 0.3) is 22.3 Å². The maximum atomic E-state index is 6.35. The highest BCUT2D eigenvalue weighted by Gasteiger charge is 2.22. The van der Waals surface area contributed by atoms with Gasteiger partial charge in [-0.25, -0.2) is 4.98 Å². The van der Waals surface area contributed by atoms with E-state index in [1.807, 2.05) is 35.5 Å². The second-order valence-corrected chi connectivity index (χ2v) is 6.98. The zero-order valence-corrected chi connectivity index (χ0v) is 13.6. The molecule has 0 aliphatic carbocycles. The van der Waals surface area contributed by atoms with Gasteiger partial charge < -0.3 is 0 Å². The lowest BCUT2D eigenvalue weighted by Gasteiger charge is -2.13. The molecular weight excluding hydrogens is 325 g/mol. The van der Waals surface area contributed by atoms with E-state index >= 15 is 0 Å². The summed E-state index contributed by atoms with van der Waals surface area (Å²) in [5.41, 5.74) is 4.73. The van der Waals surface area contributed by atoms with Gasteiger partial charge in [-0.15, -0.1) is 11.8 Å². The van der Waals surface area contributed by atoms with Gasteiger partial charge in [0.1, 0.15) is 16.7 Å². The number of nitrogens with zero attached hydrogens (tertiary/aromatic N) is 3. The van der Waals surface area contributed by atoms with Gasteiger partial charge in [-0.05, 0) is 31.2 Å². The van der Waals surface area contributed by atoms with Gasteiger partial charge in [-0.1, -0.05) is 23.2 Å².